The van der Waals surface area contributed by atoms with Gasteiger partial charge < -0.3 is 0 Å². The average molecular weight is 219 g/mol. The van der Waals surface area contributed by atoms with Gasteiger partial charge in [-0.2, -0.15) is 8.78 Å². The Labute approximate surface area is 82.2 Å². The van der Waals surface area contributed by atoms with Gasteiger partial charge in [-0.3, -0.25) is 0 Å². The zero-order valence-electron chi connectivity index (χ0n) is 7.12. The predicted octanol–water partition coefficient (Wildman–Crippen LogP) is 4.25. The Kier molecular flexibility index (Phi) is 6.20. The van der Waals surface area contributed by atoms with Crippen molar-refractivity contribution in [2.45, 2.75) is 38.0 Å². The van der Waals surface area contributed by atoms with Gasteiger partial charge in [0.2, 0.25) is 0 Å². The molecule has 0 nitrogen and oxygen atoms in total. The van der Waals surface area contributed by atoms with Crippen LogP contribution in [-0.4, -0.2) is 11.3 Å². The third-order valence-electron chi connectivity index (χ3n) is 1.75. The molecule has 0 N–H and O–H groups in total. The van der Waals surface area contributed by atoms with Crippen molar-refractivity contribution in [3.8, 4) is 0 Å². The second-order valence-corrected chi connectivity index (χ2v) is 3.82. The smallest absolute Gasteiger partial charge is 0.188 e. The van der Waals surface area contributed by atoms with Crippen molar-refractivity contribution in [3.05, 3.63) is 0 Å². The summed E-state index contributed by atoms with van der Waals surface area (Å²) < 4.78 is 24.4. The first-order valence-electron chi connectivity index (χ1n) is 4.12. The lowest BCUT2D eigenvalue weighted by atomic mass is 10.0. The number of alkyl halides is 4. The van der Waals surface area contributed by atoms with Crippen LogP contribution in [0.4, 0.5) is 8.78 Å². The van der Waals surface area contributed by atoms with E-state index in [2.05, 4.69) is 0 Å². The largest absolute Gasteiger partial charge is 0.321 e. The van der Waals surface area contributed by atoms with Crippen LogP contribution in [0.25, 0.3) is 0 Å². The van der Waals surface area contributed by atoms with Gasteiger partial charge in [0.1, 0.15) is 0 Å². The molecular formula is C8H14Cl2F2. The monoisotopic (exact) mass is 218 g/mol. The normalized spacial score (nSPS) is 14.8. The van der Waals surface area contributed by atoms with Crippen LogP contribution in [0.3, 0.4) is 0 Å². The van der Waals surface area contributed by atoms with Gasteiger partial charge in [0.25, 0.3) is 0 Å². The van der Waals surface area contributed by atoms with Gasteiger partial charge in [0.15, 0.2) is 0 Å². The Morgan fingerprint density at radius 1 is 1.33 bits per heavy atom. The zero-order valence-corrected chi connectivity index (χ0v) is 8.64. The minimum Gasteiger partial charge on any atom is -0.188 e. The third-order valence-corrected chi connectivity index (χ3v) is 2.38. The summed E-state index contributed by atoms with van der Waals surface area (Å²) in [6.45, 7) is 2.01. The molecule has 0 fully saturated rings. The number of rotatable bonds is 6. The summed E-state index contributed by atoms with van der Waals surface area (Å²) >= 11 is 10.3. The summed E-state index contributed by atoms with van der Waals surface area (Å²) in [6, 6.07) is 0. The second-order valence-electron chi connectivity index (χ2n) is 2.96. The Morgan fingerprint density at radius 2 is 1.92 bits per heavy atom. The number of halogens is 4. The molecule has 1 unspecified atom stereocenters. The minimum atomic E-state index is -3.06. The fourth-order valence-electron chi connectivity index (χ4n) is 1.07. The van der Waals surface area contributed by atoms with Crippen molar-refractivity contribution < 1.29 is 8.78 Å². The SMILES string of the molecule is CCCC(CCl)CCC(F)(F)Cl. The van der Waals surface area contributed by atoms with E-state index in [4.69, 9.17) is 23.2 Å². The summed E-state index contributed by atoms with van der Waals surface area (Å²) in [5.74, 6) is 0.627. The molecule has 4 heteroatoms. The fraction of sp³-hybridized carbons (Fsp3) is 1.00. The highest BCUT2D eigenvalue weighted by Gasteiger charge is 2.25. The molecule has 0 aliphatic rings. The van der Waals surface area contributed by atoms with Gasteiger partial charge in [-0.15, -0.1) is 11.6 Å². The van der Waals surface area contributed by atoms with Crippen LogP contribution in [0.5, 0.6) is 0 Å². The molecule has 0 aromatic rings. The molecule has 1 atom stereocenters. The van der Waals surface area contributed by atoms with Gasteiger partial charge in [-0.1, -0.05) is 13.3 Å². The van der Waals surface area contributed by atoms with Crippen molar-refractivity contribution in [2.75, 3.05) is 5.88 Å². The minimum absolute atomic E-state index is 0.182. The van der Waals surface area contributed by atoms with Crippen LogP contribution in [0.1, 0.15) is 32.6 Å². The first-order chi connectivity index (χ1) is 5.49. The maximum Gasteiger partial charge on any atom is 0.321 e. The van der Waals surface area contributed by atoms with E-state index in [1.54, 1.807) is 0 Å². The summed E-state index contributed by atoms with van der Waals surface area (Å²) in [5, 5.41) is -3.06. The van der Waals surface area contributed by atoms with Gasteiger partial charge >= 0.3 is 5.38 Å². The highest BCUT2D eigenvalue weighted by molar-refractivity contribution is 6.21. The van der Waals surface area contributed by atoms with E-state index in [-0.39, 0.29) is 12.3 Å². The second kappa shape index (κ2) is 5.98. The average Bonchev–Trinajstić information content (AvgIpc) is 1.96. The number of hydrogen-bond donors (Lipinski definition) is 0. The first-order valence-corrected chi connectivity index (χ1v) is 5.03. The summed E-state index contributed by atoms with van der Waals surface area (Å²) in [6.07, 6.45) is 2.02. The molecule has 0 aliphatic carbocycles. The molecule has 0 heterocycles. The maximum absolute atomic E-state index is 12.2. The van der Waals surface area contributed by atoms with Crippen molar-refractivity contribution in [3.63, 3.8) is 0 Å². The van der Waals surface area contributed by atoms with Crippen LogP contribution >= 0.6 is 23.2 Å². The quantitative estimate of drug-likeness (QED) is 0.585. The Bertz CT molecular complexity index is 112. The van der Waals surface area contributed by atoms with Gasteiger partial charge in [0, 0.05) is 12.3 Å². The Morgan fingerprint density at radius 3 is 2.25 bits per heavy atom. The highest BCUT2D eigenvalue weighted by Crippen LogP contribution is 2.28. The predicted molar refractivity (Wildman–Crippen MR) is 49.2 cm³/mol. The number of hydrogen-bond acceptors (Lipinski definition) is 0. The molecule has 0 aliphatic heterocycles. The highest BCUT2D eigenvalue weighted by atomic mass is 35.5. The lowest BCUT2D eigenvalue weighted by Gasteiger charge is -2.14. The lowest BCUT2D eigenvalue weighted by Crippen LogP contribution is -2.10. The topological polar surface area (TPSA) is 0 Å². The molecule has 0 amide bonds. The zero-order chi connectivity index (χ0) is 9.61. The molecule has 74 valence electrons. The van der Waals surface area contributed by atoms with Crippen LogP contribution in [-0.2, 0) is 0 Å². The van der Waals surface area contributed by atoms with E-state index in [0.29, 0.717) is 12.3 Å². The maximum atomic E-state index is 12.2. The molecule has 0 saturated carbocycles. The third kappa shape index (κ3) is 7.11. The summed E-state index contributed by atoms with van der Waals surface area (Å²) in [4.78, 5) is 0. The molecule has 0 bridgehead atoms. The fourth-order valence-corrected chi connectivity index (χ4v) is 1.49. The molecule has 0 rings (SSSR count). The van der Waals surface area contributed by atoms with E-state index in [1.807, 2.05) is 6.92 Å². The van der Waals surface area contributed by atoms with Crippen molar-refractivity contribution in [2.24, 2.45) is 5.92 Å². The van der Waals surface area contributed by atoms with Gasteiger partial charge in [-0.05, 0) is 30.4 Å². The van der Waals surface area contributed by atoms with Crippen LogP contribution in [0.2, 0.25) is 0 Å². The standard InChI is InChI=1S/C8H14Cl2F2/c1-2-3-7(6-9)4-5-8(10,11)12/h7H,2-6H2,1H3. The van der Waals surface area contributed by atoms with E-state index >= 15 is 0 Å². The molecule has 0 aromatic carbocycles. The van der Waals surface area contributed by atoms with Crippen molar-refractivity contribution >= 4 is 23.2 Å². The molecule has 0 spiro atoms. The van der Waals surface area contributed by atoms with Crippen molar-refractivity contribution in [1.82, 2.24) is 0 Å². The molecule has 0 aromatic heterocycles. The van der Waals surface area contributed by atoms with E-state index in [0.717, 1.165) is 12.8 Å². The molecule has 0 radical (unpaired) electrons. The first kappa shape index (κ1) is 12.4. The van der Waals surface area contributed by atoms with Crippen LogP contribution in [0.15, 0.2) is 0 Å². The molecule has 0 saturated heterocycles. The van der Waals surface area contributed by atoms with E-state index < -0.39 is 5.38 Å². The lowest BCUT2D eigenvalue weighted by molar-refractivity contribution is 0.0783. The van der Waals surface area contributed by atoms with Gasteiger partial charge in [0.05, 0.1) is 0 Å². The Balaban J connectivity index is 3.58. The van der Waals surface area contributed by atoms with E-state index in [9.17, 15) is 8.78 Å². The summed E-state index contributed by atoms with van der Waals surface area (Å²) in [7, 11) is 0. The Hall–Kier alpha value is 0.440. The van der Waals surface area contributed by atoms with E-state index in [1.165, 1.54) is 0 Å². The molecule has 12 heavy (non-hydrogen) atoms. The summed E-state index contributed by atoms with van der Waals surface area (Å²) in [5.41, 5.74) is 0. The van der Waals surface area contributed by atoms with Crippen molar-refractivity contribution in [1.29, 1.82) is 0 Å². The molecular weight excluding hydrogens is 205 g/mol. The van der Waals surface area contributed by atoms with Gasteiger partial charge in [-0.25, -0.2) is 0 Å². The van der Waals surface area contributed by atoms with Crippen LogP contribution < -0.4 is 0 Å². The van der Waals surface area contributed by atoms with Crippen LogP contribution in [0, 0.1) is 5.92 Å².